The first-order valence-corrected chi connectivity index (χ1v) is 5.00. The third-order valence-corrected chi connectivity index (χ3v) is 2.24. The smallest absolute Gasteiger partial charge is 0.337 e. The summed E-state index contributed by atoms with van der Waals surface area (Å²) in [7, 11) is 0. The number of aryl methyl sites for hydroxylation is 1. The van der Waals surface area contributed by atoms with Gasteiger partial charge in [-0.2, -0.15) is 0 Å². The van der Waals surface area contributed by atoms with Gasteiger partial charge in [-0.05, 0) is 24.6 Å². The van der Waals surface area contributed by atoms with E-state index in [0.717, 1.165) is 0 Å². The molecule has 0 bridgehead atoms. The van der Waals surface area contributed by atoms with E-state index in [9.17, 15) is 4.79 Å². The number of rotatable bonds is 4. The van der Waals surface area contributed by atoms with Crippen LogP contribution in [0.5, 0.6) is 0 Å². The fourth-order valence-corrected chi connectivity index (χ4v) is 1.34. The summed E-state index contributed by atoms with van der Waals surface area (Å²) < 4.78 is 0. The molecule has 0 unspecified atom stereocenters. The fourth-order valence-electron chi connectivity index (χ4n) is 1.28. The van der Waals surface area contributed by atoms with Crippen molar-refractivity contribution in [1.82, 2.24) is 0 Å². The monoisotopic (exact) mass is 240 g/mol. The van der Waals surface area contributed by atoms with Crippen LogP contribution in [0.15, 0.2) is 23.7 Å². The Kier molecular flexibility index (Phi) is 3.79. The topological polar surface area (TPSA) is 75.3 Å². The van der Waals surface area contributed by atoms with Gasteiger partial charge in [0.25, 0.3) is 0 Å². The van der Waals surface area contributed by atoms with Gasteiger partial charge in [0.1, 0.15) is 0 Å². The number of benzene rings is 1. The van der Waals surface area contributed by atoms with Gasteiger partial charge in [0.15, 0.2) is 0 Å². The molecule has 4 nitrogen and oxygen atoms in total. The molecule has 0 saturated heterocycles. The SMILES string of the molecule is C=C(Cl)CNc1cc(C)c(N)c(C(=O)O)c1. The number of nitrogens with two attached hydrogens (primary N) is 1. The minimum Gasteiger partial charge on any atom is -0.478 e. The number of halogens is 1. The van der Waals surface area contributed by atoms with Gasteiger partial charge in [-0.3, -0.25) is 0 Å². The molecule has 0 saturated carbocycles. The van der Waals surface area contributed by atoms with E-state index in [0.29, 0.717) is 22.8 Å². The summed E-state index contributed by atoms with van der Waals surface area (Å²) in [6, 6.07) is 3.24. The van der Waals surface area contributed by atoms with Gasteiger partial charge < -0.3 is 16.2 Å². The van der Waals surface area contributed by atoms with Gasteiger partial charge in [-0.15, -0.1) is 0 Å². The maximum atomic E-state index is 10.9. The van der Waals surface area contributed by atoms with Gasteiger partial charge in [0, 0.05) is 16.4 Å². The average molecular weight is 241 g/mol. The molecule has 0 aliphatic rings. The Morgan fingerprint density at radius 3 is 2.75 bits per heavy atom. The van der Waals surface area contributed by atoms with Gasteiger partial charge >= 0.3 is 5.97 Å². The molecule has 0 amide bonds. The van der Waals surface area contributed by atoms with Crippen molar-refractivity contribution < 1.29 is 9.90 Å². The van der Waals surface area contributed by atoms with Crippen molar-refractivity contribution in [2.45, 2.75) is 6.92 Å². The summed E-state index contributed by atoms with van der Waals surface area (Å²) in [5, 5.41) is 12.3. The van der Waals surface area contributed by atoms with E-state index in [1.165, 1.54) is 6.07 Å². The Balaban J connectivity index is 3.04. The highest BCUT2D eigenvalue weighted by Gasteiger charge is 2.11. The second-order valence-corrected chi connectivity index (χ2v) is 3.96. The highest BCUT2D eigenvalue weighted by atomic mass is 35.5. The Morgan fingerprint density at radius 1 is 1.62 bits per heavy atom. The quantitative estimate of drug-likeness (QED) is 0.707. The normalized spacial score (nSPS) is 9.88. The zero-order valence-electron chi connectivity index (χ0n) is 8.88. The van der Waals surface area contributed by atoms with Crippen molar-refractivity contribution in [2.75, 3.05) is 17.6 Å². The number of hydrogen-bond acceptors (Lipinski definition) is 3. The Labute approximate surface area is 98.7 Å². The molecule has 0 aliphatic carbocycles. The van der Waals surface area contributed by atoms with Crippen LogP contribution in [0.3, 0.4) is 0 Å². The van der Waals surface area contributed by atoms with Crippen LogP contribution in [-0.2, 0) is 0 Å². The summed E-state index contributed by atoms with van der Waals surface area (Å²) in [5.41, 5.74) is 7.39. The van der Waals surface area contributed by atoms with Crippen molar-refractivity contribution in [3.8, 4) is 0 Å². The van der Waals surface area contributed by atoms with Crippen LogP contribution in [0.25, 0.3) is 0 Å². The van der Waals surface area contributed by atoms with Crippen molar-refractivity contribution in [2.24, 2.45) is 0 Å². The number of carboxylic acid groups (broad SMARTS) is 1. The predicted molar refractivity (Wildman–Crippen MR) is 66.0 cm³/mol. The van der Waals surface area contributed by atoms with Gasteiger partial charge in [0.2, 0.25) is 0 Å². The molecule has 16 heavy (non-hydrogen) atoms. The number of anilines is 2. The van der Waals surface area contributed by atoms with Crippen molar-refractivity contribution in [3.63, 3.8) is 0 Å². The van der Waals surface area contributed by atoms with Crippen LogP contribution in [0, 0.1) is 6.92 Å². The minimum atomic E-state index is -1.05. The van der Waals surface area contributed by atoms with Crippen LogP contribution in [0.1, 0.15) is 15.9 Å². The molecule has 0 atom stereocenters. The molecule has 1 aromatic carbocycles. The van der Waals surface area contributed by atoms with Crippen molar-refractivity contribution >= 4 is 28.9 Å². The number of aromatic carboxylic acids is 1. The average Bonchev–Trinajstić information content (AvgIpc) is 2.19. The van der Waals surface area contributed by atoms with E-state index < -0.39 is 5.97 Å². The first-order valence-electron chi connectivity index (χ1n) is 4.62. The molecule has 0 aromatic heterocycles. The van der Waals surface area contributed by atoms with Crippen LogP contribution >= 0.6 is 11.6 Å². The van der Waals surface area contributed by atoms with Crippen LogP contribution in [0.4, 0.5) is 11.4 Å². The number of nitrogens with one attached hydrogen (secondary N) is 1. The van der Waals surface area contributed by atoms with Gasteiger partial charge in [0.05, 0.1) is 12.1 Å². The number of carboxylic acids is 1. The number of carbonyl (C=O) groups is 1. The maximum Gasteiger partial charge on any atom is 0.337 e. The first-order chi connectivity index (χ1) is 7.41. The Bertz CT molecular complexity index is 444. The first kappa shape index (κ1) is 12.4. The summed E-state index contributed by atoms with van der Waals surface area (Å²) in [5.74, 6) is -1.05. The molecule has 0 spiro atoms. The highest BCUT2D eigenvalue weighted by molar-refractivity contribution is 6.29. The van der Waals surface area contributed by atoms with Gasteiger partial charge in [-0.1, -0.05) is 18.2 Å². The maximum absolute atomic E-state index is 10.9. The molecular formula is C11H13ClN2O2. The summed E-state index contributed by atoms with van der Waals surface area (Å²) in [4.78, 5) is 10.9. The standard InChI is InChI=1S/C11H13ClN2O2/c1-6-3-8(14-5-7(2)12)4-9(10(6)13)11(15)16/h3-4,14H,2,5,13H2,1H3,(H,15,16). The third kappa shape index (κ3) is 2.90. The highest BCUT2D eigenvalue weighted by Crippen LogP contribution is 2.23. The largest absolute Gasteiger partial charge is 0.478 e. The lowest BCUT2D eigenvalue weighted by Crippen LogP contribution is -2.07. The van der Waals surface area contributed by atoms with Crippen LogP contribution < -0.4 is 11.1 Å². The zero-order valence-corrected chi connectivity index (χ0v) is 9.64. The molecule has 0 fully saturated rings. The summed E-state index contributed by atoms with van der Waals surface area (Å²) in [6.45, 7) is 5.66. The van der Waals surface area contributed by atoms with Crippen molar-refractivity contribution in [1.29, 1.82) is 0 Å². The van der Waals surface area contributed by atoms with Crippen LogP contribution in [-0.4, -0.2) is 17.6 Å². The van der Waals surface area contributed by atoms with E-state index in [-0.39, 0.29) is 11.3 Å². The Hall–Kier alpha value is -1.68. The predicted octanol–water partition coefficient (Wildman–Crippen LogP) is 2.44. The second-order valence-electron chi connectivity index (χ2n) is 3.43. The van der Waals surface area contributed by atoms with Crippen LogP contribution in [0.2, 0.25) is 0 Å². The molecule has 4 N–H and O–H groups in total. The third-order valence-electron chi connectivity index (χ3n) is 2.10. The molecule has 1 aromatic rings. The molecule has 86 valence electrons. The minimum absolute atomic E-state index is 0.0858. The lowest BCUT2D eigenvalue weighted by atomic mass is 10.1. The Morgan fingerprint density at radius 2 is 2.25 bits per heavy atom. The van der Waals surface area contributed by atoms with E-state index in [2.05, 4.69) is 11.9 Å². The van der Waals surface area contributed by atoms with Crippen molar-refractivity contribution in [3.05, 3.63) is 34.9 Å². The number of nitrogen functional groups attached to an aromatic ring is 1. The lowest BCUT2D eigenvalue weighted by Gasteiger charge is -2.10. The van der Waals surface area contributed by atoms with E-state index in [4.69, 9.17) is 22.4 Å². The molecule has 0 radical (unpaired) electrons. The molecule has 1 rings (SSSR count). The zero-order chi connectivity index (χ0) is 12.3. The fraction of sp³-hybridized carbons (Fsp3) is 0.182. The van der Waals surface area contributed by atoms with E-state index in [1.807, 2.05) is 0 Å². The molecule has 5 heteroatoms. The van der Waals surface area contributed by atoms with E-state index >= 15 is 0 Å². The second kappa shape index (κ2) is 4.90. The molecule has 0 aliphatic heterocycles. The summed E-state index contributed by atoms with van der Waals surface area (Å²) >= 11 is 5.60. The molecular weight excluding hydrogens is 228 g/mol. The van der Waals surface area contributed by atoms with Gasteiger partial charge in [-0.25, -0.2) is 4.79 Å². The van der Waals surface area contributed by atoms with E-state index in [1.54, 1.807) is 13.0 Å². The summed E-state index contributed by atoms with van der Waals surface area (Å²) in [6.07, 6.45) is 0. The lowest BCUT2D eigenvalue weighted by molar-refractivity contribution is 0.0698. The number of hydrogen-bond donors (Lipinski definition) is 3. The molecule has 0 heterocycles.